The molecule has 0 aliphatic carbocycles. The summed E-state index contributed by atoms with van der Waals surface area (Å²) in [5, 5.41) is 0.452. The van der Waals surface area contributed by atoms with E-state index in [9.17, 15) is 9.18 Å². The number of ether oxygens (including phenoxy) is 3. The average Bonchev–Trinajstić information content (AvgIpc) is 2.75. The highest BCUT2D eigenvalue weighted by Gasteiger charge is 2.15. The summed E-state index contributed by atoms with van der Waals surface area (Å²) in [5.41, 5.74) is 0.753. The third-order valence-corrected chi connectivity index (χ3v) is 4.05. The Morgan fingerprint density at radius 1 is 1.07 bits per heavy atom. The van der Waals surface area contributed by atoms with E-state index in [1.807, 2.05) is 30.3 Å². The zero-order valence-corrected chi connectivity index (χ0v) is 15.3. The molecule has 29 heavy (non-hydrogen) atoms. The fourth-order valence-electron chi connectivity index (χ4n) is 2.66. The fourth-order valence-corrected chi connectivity index (χ4v) is 2.66. The Morgan fingerprint density at radius 3 is 2.69 bits per heavy atom. The second-order valence-corrected chi connectivity index (χ2v) is 5.94. The van der Waals surface area contributed by atoms with Crippen LogP contribution in [0.15, 0.2) is 59.8 Å². The van der Waals surface area contributed by atoms with E-state index in [0.717, 1.165) is 11.8 Å². The smallest absolute Gasteiger partial charge is 0.347 e. The van der Waals surface area contributed by atoms with Gasteiger partial charge in [-0.15, -0.1) is 0 Å². The minimum Gasteiger partial charge on any atom is -0.493 e. The number of H-pyrrole nitrogens is 1. The molecule has 2 heterocycles. The second kappa shape index (κ2) is 7.93. The fraction of sp³-hybridized carbons (Fsp3) is 0.100. The summed E-state index contributed by atoms with van der Waals surface area (Å²) < 4.78 is 30.6. The van der Waals surface area contributed by atoms with Gasteiger partial charge in [0.2, 0.25) is 17.6 Å². The van der Waals surface area contributed by atoms with E-state index < -0.39 is 17.4 Å². The maximum atomic E-state index is 13.9. The van der Waals surface area contributed by atoms with Gasteiger partial charge in [-0.3, -0.25) is 4.98 Å². The van der Waals surface area contributed by atoms with Gasteiger partial charge in [-0.05, 0) is 11.6 Å². The van der Waals surface area contributed by atoms with Gasteiger partial charge in [0.25, 0.3) is 0 Å². The van der Waals surface area contributed by atoms with Gasteiger partial charge in [0.15, 0.2) is 11.5 Å². The van der Waals surface area contributed by atoms with E-state index in [-0.39, 0.29) is 5.88 Å². The maximum Gasteiger partial charge on any atom is 0.347 e. The zero-order valence-electron chi connectivity index (χ0n) is 15.3. The number of nitrogens with zero attached hydrogens (tertiary/aromatic N) is 3. The summed E-state index contributed by atoms with van der Waals surface area (Å²) in [5.74, 6) is -0.267. The van der Waals surface area contributed by atoms with E-state index in [1.165, 1.54) is 13.4 Å². The lowest BCUT2D eigenvalue weighted by Gasteiger charge is -2.13. The van der Waals surface area contributed by atoms with Crippen molar-refractivity contribution in [2.24, 2.45) is 0 Å². The van der Waals surface area contributed by atoms with Crippen LogP contribution in [0.5, 0.6) is 23.3 Å². The Balaban J connectivity index is 1.69. The van der Waals surface area contributed by atoms with Gasteiger partial charge >= 0.3 is 5.69 Å². The van der Waals surface area contributed by atoms with Gasteiger partial charge in [-0.2, -0.15) is 9.37 Å². The molecule has 9 heteroatoms. The van der Waals surface area contributed by atoms with Crippen LogP contribution in [-0.2, 0) is 6.61 Å². The zero-order chi connectivity index (χ0) is 20.2. The van der Waals surface area contributed by atoms with Crippen LogP contribution in [0.3, 0.4) is 0 Å². The molecule has 1 N–H and O–H groups in total. The minimum atomic E-state index is -0.828. The first-order valence-electron chi connectivity index (χ1n) is 8.56. The third-order valence-electron chi connectivity index (χ3n) is 4.05. The normalized spacial score (nSPS) is 10.7. The molecule has 0 amide bonds. The monoisotopic (exact) mass is 394 g/mol. The van der Waals surface area contributed by atoms with Crippen molar-refractivity contribution in [3.63, 3.8) is 0 Å². The van der Waals surface area contributed by atoms with Crippen molar-refractivity contribution in [2.75, 3.05) is 7.11 Å². The molecule has 146 valence electrons. The van der Waals surface area contributed by atoms with Crippen LogP contribution in [0.1, 0.15) is 5.56 Å². The van der Waals surface area contributed by atoms with Crippen LogP contribution in [0.25, 0.3) is 10.9 Å². The van der Waals surface area contributed by atoms with Crippen LogP contribution < -0.4 is 19.9 Å². The summed E-state index contributed by atoms with van der Waals surface area (Å²) >= 11 is 0. The second-order valence-electron chi connectivity index (χ2n) is 5.94. The van der Waals surface area contributed by atoms with Crippen molar-refractivity contribution in [3.8, 4) is 23.3 Å². The molecule has 0 radical (unpaired) electrons. The molecule has 0 bridgehead atoms. The molecule has 2 aromatic heterocycles. The molecule has 2 aromatic carbocycles. The van der Waals surface area contributed by atoms with Crippen molar-refractivity contribution in [1.82, 2.24) is 19.9 Å². The Hall–Kier alpha value is -4.01. The lowest BCUT2D eigenvalue weighted by Crippen LogP contribution is -2.11. The standard InChI is InChI=1S/C20H15FN4O4/c1-27-16-7-13-15(8-17(16)28-10-12-5-3-2-4-6-12)23-11-24-18(13)29-19-14(21)9-22-20(26)25-19/h2-9,11H,10H2,1H3,(H,22,25,26). The topological polar surface area (TPSA) is 99.2 Å². The minimum absolute atomic E-state index is 0.0451. The molecule has 4 aromatic rings. The van der Waals surface area contributed by atoms with Gasteiger partial charge in [0.1, 0.15) is 12.9 Å². The first-order chi connectivity index (χ1) is 14.1. The molecular formula is C20H15FN4O4. The highest BCUT2D eigenvalue weighted by Crippen LogP contribution is 2.36. The Kier molecular flexibility index (Phi) is 5.02. The Labute approximate surface area is 164 Å². The highest BCUT2D eigenvalue weighted by molar-refractivity contribution is 5.86. The van der Waals surface area contributed by atoms with Crippen LogP contribution in [0, 0.1) is 5.82 Å². The number of aromatic amines is 1. The van der Waals surface area contributed by atoms with Crippen molar-refractivity contribution < 1.29 is 18.6 Å². The van der Waals surface area contributed by atoms with Crippen LogP contribution >= 0.6 is 0 Å². The van der Waals surface area contributed by atoms with Crippen molar-refractivity contribution >= 4 is 10.9 Å². The lowest BCUT2D eigenvalue weighted by atomic mass is 10.2. The quantitative estimate of drug-likeness (QED) is 0.536. The van der Waals surface area contributed by atoms with Gasteiger partial charge in [-0.1, -0.05) is 30.3 Å². The number of methoxy groups -OCH3 is 1. The number of benzene rings is 2. The summed E-state index contributed by atoms with van der Waals surface area (Å²) in [6, 6.07) is 13.0. The van der Waals surface area contributed by atoms with Gasteiger partial charge < -0.3 is 14.2 Å². The van der Waals surface area contributed by atoms with Crippen LogP contribution in [0.4, 0.5) is 4.39 Å². The van der Waals surface area contributed by atoms with Crippen LogP contribution in [0.2, 0.25) is 0 Å². The van der Waals surface area contributed by atoms with E-state index in [4.69, 9.17) is 14.2 Å². The molecule has 0 atom stereocenters. The largest absolute Gasteiger partial charge is 0.493 e. The number of hydrogen-bond acceptors (Lipinski definition) is 7. The van der Waals surface area contributed by atoms with Gasteiger partial charge in [-0.25, -0.2) is 14.8 Å². The summed E-state index contributed by atoms with van der Waals surface area (Å²) in [4.78, 5) is 25.1. The number of halogens is 1. The SMILES string of the molecule is COc1cc2c(Oc3[nH]c(=O)ncc3F)ncnc2cc1OCc1ccccc1. The first-order valence-corrected chi connectivity index (χ1v) is 8.56. The number of aromatic nitrogens is 4. The molecule has 0 spiro atoms. The third kappa shape index (κ3) is 3.98. The van der Waals surface area contributed by atoms with E-state index >= 15 is 0 Å². The summed E-state index contributed by atoms with van der Waals surface area (Å²) in [6.07, 6.45) is 2.04. The number of fused-ring (bicyclic) bond motifs is 1. The molecule has 0 aliphatic heterocycles. The first kappa shape index (κ1) is 18.4. The van der Waals surface area contributed by atoms with Crippen molar-refractivity contribution in [3.05, 3.63) is 76.9 Å². The summed E-state index contributed by atoms with van der Waals surface area (Å²) in [7, 11) is 1.50. The molecule has 4 rings (SSSR count). The van der Waals surface area contributed by atoms with E-state index in [1.54, 1.807) is 12.1 Å². The molecule has 0 unspecified atom stereocenters. The van der Waals surface area contributed by atoms with Crippen LogP contribution in [-0.4, -0.2) is 27.0 Å². The Morgan fingerprint density at radius 2 is 1.90 bits per heavy atom. The molecule has 0 aliphatic rings. The predicted molar refractivity (Wildman–Crippen MR) is 102 cm³/mol. The molecule has 0 fully saturated rings. The van der Waals surface area contributed by atoms with Gasteiger partial charge in [0.05, 0.1) is 24.2 Å². The average molecular weight is 394 g/mol. The molecular weight excluding hydrogens is 379 g/mol. The summed E-state index contributed by atoms with van der Waals surface area (Å²) in [6.45, 7) is 0.348. The Bertz CT molecular complexity index is 1210. The number of rotatable bonds is 6. The van der Waals surface area contributed by atoms with E-state index in [2.05, 4.69) is 19.9 Å². The van der Waals surface area contributed by atoms with E-state index in [0.29, 0.717) is 29.0 Å². The van der Waals surface area contributed by atoms with Crippen molar-refractivity contribution in [1.29, 1.82) is 0 Å². The highest BCUT2D eigenvalue weighted by atomic mass is 19.1. The molecule has 8 nitrogen and oxygen atoms in total. The number of nitrogens with one attached hydrogen (secondary N) is 1. The van der Waals surface area contributed by atoms with Gasteiger partial charge in [0, 0.05) is 6.07 Å². The molecule has 0 saturated carbocycles. The lowest BCUT2D eigenvalue weighted by molar-refractivity contribution is 0.285. The predicted octanol–water partition coefficient (Wildman–Crippen LogP) is 3.23. The molecule has 0 saturated heterocycles. The van der Waals surface area contributed by atoms with Crippen molar-refractivity contribution in [2.45, 2.75) is 6.61 Å². The maximum absolute atomic E-state index is 13.9. The number of hydrogen-bond donors (Lipinski definition) is 1.